The van der Waals surface area contributed by atoms with Crippen molar-refractivity contribution < 1.29 is 4.52 Å². The van der Waals surface area contributed by atoms with Crippen LogP contribution in [0, 0.1) is 5.92 Å². The molecule has 2 heterocycles. The fraction of sp³-hybridized carbons (Fsp3) is 0.500. The summed E-state index contributed by atoms with van der Waals surface area (Å²) in [4.78, 5) is 12.3. The van der Waals surface area contributed by atoms with Gasteiger partial charge in [-0.05, 0) is 12.3 Å². The summed E-state index contributed by atoms with van der Waals surface area (Å²) in [5.74, 6) is 1.56. The summed E-state index contributed by atoms with van der Waals surface area (Å²) in [6.07, 6.45) is 6.32. The number of nitrogens with two attached hydrogens (primary N) is 1. The fourth-order valence-electron chi connectivity index (χ4n) is 1.77. The SMILES string of the molecule is CC(C)CC(N)Cc1nc(-c2cnccn2)no1. The monoisotopic (exact) mass is 247 g/mol. The molecule has 0 radical (unpaired) electrons. The quantitative estimate of drug-likeness (QED) is 0.859. The van der Waals surface area contributed by atoms with E-state index in [1.165, 1.54) is 0 Å². The summed E-state index contributed by atoms with van der Waals surface area (Å²) in [6, 6.07) is 0.0418. The largest absolute Gasteiger partial charge is 0.339 e. The molecule has 6 heteroatoms. The number of nitrogens with zero attached hydrogens (tertiary/aromatic N) is 4. The highest BCUT2D eigenvalue weighted by atomic mass is 16.5. The van der Waals surface area contributed by atoms with Crippen molar-refractivity contribution in [2.24, 2.45) is 11.7 Å². The van der Waals surface area contributed by atoms with E-state index in [1.807, 2.05) is 0 Å². The van der Waals surface area contributed by atoms with E-state index in [0.717, 1.165) is 6.42 Å². The van der Waals surface area contributed by atoms with Crippen LogP contribution >= 0.6 is 0 Å². The Kier molecular flexibility index (Phi) is 3.99. The summed E-state index contributed by atoms with van der Waals surface area (Å²) < 4.78 is 5.16. The number of aromatic nitrogens is 4. The van der Waals surface area contributed by atoms with Crippen LogP contribution in [0.3, 0.4) is 0 Å². The molecule has 0 amide bonds. The minimum Gasteiger partial charge on any atom is -0.339 e. The second-order valence-electron chi connectivity index (χ2n) is 4.70. The van der Waals surface area contributed by atoms with Gasteiger partial charge in [0.2, 0.25) is 11.7 Å². The van der Waals surface area contributed by atoms with Gasteiger partial charge in [-0.15, -0.1) is 0 Å². The third-order valence-electron chi connectivity index (χ3n) is 2.47. The summed E-state index contributed by atoms with van der Waals surface area (Å²) in [7, 11) is 0. The Morgan fingerprint density at radius 1 is 1.33 bits per heavy atom. The minimum atomic E-state index is 0.0418. The molecule has 2 rings (SSSR count). The van der Waals surface area contributed by atoms with Crippen LogP contribution in [-0.4, -0.2) is 26.2 Å². The second kappa shape index (κ2) is 5.68. The van der Waals surface area contributed by atoms with E-state index in [-0.39, 0.29) is 6.04 Å². The maximum Gasteiger partial charge on any atom is 0.228 e. The highest BCUT2D eigenvalue weighted by Crippen LogP contribution is 2.13. The Bertz CT molecular complexity index is 482. The van der Waals surface area contributed by atoms with Crippen molar-refractivity contribution in [1.82, 2.24) is 20.1 Å². The minimum absolute atomic E-state index is 0.0418. The Morgan fingerprint density at radius 3 is 2.83 bits per heavy atom. The molecule has 96 valence electrons. The third-order valence-corrected chi connectivity index (χ3v) is 2.47. The molecule has 0 aliphatic rings. The van der Waals surface area contributed by atoms with E-state index >= 15 is 0 Å². The highest BCUT2D eigenvalue weighted by molar-refractivity contribution is 5.45. The van der Waals surface area contributed by atoms with E-state index in [4.69, 9.17) is 10.3 Å². The molecule has 0 aliphatic carbocycles. The van der Waals surface area contributed by atoms with Gasteiger partial charge in [-0.25, -0.2) is 4.98 Å². The number of rotatable bonds is 5. The topological polar surface area (TPSA) is 90.7 Å². The van der Waals surface area contributed by atoms with Crippen LogP contribution in [0.1, 0.15) is 26.2 Å². The molecule has 0 aliphatic heterocycles. The van der Waals surface area contributed by atoms with Crippen molar-refractivity contribution >= 4 is 0 Å². The molecule has 0 saturated heterocycles. The predicted octanol–water partition coefficient (Wildman–Crippen LogP) is 1.44. The highest BCUT2D eigenvalue weighted by Gasteiger charge is 2.14. The van der Waals surface area contributed by atoms with Gasteiger partial charge in [-0.2, -0.15) is 4.98 Å². The molecule has 0 bridgehead atoms. The zero-order valence-corrected chi connectivity index (χ0v) is 10.6. The molecule has 1 atom stereocenters. The number of hydrogen-bond donors (Lipinski definition) is 1. The van der Waals surface area contributed by atoms with Gasteiger partial charge >= 0.3 is 0 Å². The molecule has 2 N–H and O–H groups in total. The van der Waals surface area contributed by atoms with Gasteiger partial charge in [0, 0.05) is 24.9 Å². The Hall–Kier alpha value is -1.82. The van der Waals surface area contributed by atoms with E-state index in [0.29, 0.717) is 29.7 Å². The van der Waals surface area contributed by atoms with E-state index in [9.17, 15) is 0 Å². The van der Waals surface area contributed by atoms with Crippen molar-refractivity contribution in [3.05, 3.63) is 24.5 Å². The van der Waals surface area contributed by atoms with Crippen LogP contribution in [0.5, 0.6) is 0 Å². The molecule has 0 spiro atoms. The average molecular weight is 247 g/mol. The van der Waals surface area contributed by atoms with Crippen LogP contribution in [0.15, 0.2) is 23.1 Å². The van der Waals surface area contributed by atoms with E-state index in [1.54, 1.807) is 18.6 Å². The summed E-state index contributed by atoms with van der Waals surface area (Å²) >= 11 is 0. The molecule has 1 unspecified atom stereocenters. The van der Waals surface area contributed by atoms with Crippen molar-refractivity contribution in [2.45, 2.75) is 32.7 Å². The molecule has 0 fully saturated rings. The lowest BCUT2D eigenvalue weighted by molar-refractivity contribution is 0.359. The van der Waals surface area contributed by atoms with Crippen LogP contribution in [-0.2, 0) is 6.42 Å². The van der Waals surface area contributed by atoms with Gasteiger partial charge in [-0.3, -0.25) is 4.98 Å². The lowest BCUT2D eigenvalue weighted by Crippen LogP contribution is -2.24. The molecule has 0 aromatic carbocycles. The summed E-state index contributed by atoms with van der Waals surface area (Å²) in [5.41, 5.74) is 6.60. The smallest absolute Gasteiger partial charge is 0.228 e. The van der Waals surface area contributed by atoms with Gasteiger partial charge in [0.05, 0.1) is 6.20 Å². The Balaban J connectivity index is 2.03. The fourth-order valence-corrected chi connectivity index (χ4v) is 1.77. The number of hydrogen-bond acceptors (Lipinski definition) is 6. The van der Waals surface area contributed by atoms with Crippen LogP contribution in [0.25, 0.3) is 11.5 Å². The Labute approximate surface area is 106 Å². The average Bonchev–Trinajstić information content (AvgIpc) is 2.77. The normalized spacial score (nSPS) is 12.9. The summed E-state index contributed by atoms with van der Waals surface area (Å²) in [6.45, 7) is 4.28. The molecule has 6 nitrogen and oxygen atoms in total. The van der Waals surface area contributed by atoms with E-state index in [2.05, 4.69) is 34.0 Å². The maximum atomic E-state index is 6.00. The van der Waals surface area contributed by atoms with E-state index < -0.39 is 0 Å². The zero-order chi connectivity index (χ0) is 13.0. The van der Waals surface area contributed by atoms with Gasteiger partial charge in [0.15, 0.2) is 0 Å². The summed E-state index contributed by atoms with van der Waals surface area (Å²) in [5, 5.41) is 3.87. The van der Waals surface area contributed by atoms with Gasteiger partial charge in [-0.1, -0.05) is 19.0 Å². The Morgan fingerprint density at radius 2 is 2.17 bits per heavy atom. The second-order valence-corrected chi connectivity index (χ2v) is 4.70. The third kappa shape index (κ3) is 3.33. The van der Waals surface area contributed by atoms with Crippen LogP contribution in [0.2, 0.25) is 0 Å². The van der Waals surface area contributed by atoms with Crippen molar-refractivity contribution in [2.75, 3.05) is 0 Å². The first-order valence-electron chi connectivity index (χ1n) is 5.99. The molecule has 0 saturated carbocycles. The van der Waals surface area contributed by atoms with Gasteiger partial charge in [0.25, 0.3) is 0 Å². The molecular formula is C12H17N5O. The first-order chi connectivity index (χ1) is 8.65. The molecular weight excluding hydrogens is 230 g/mol. The van der Waals surface area contributed by atoms with Crippen LogP contribution in [0.4, 0.5) is 0 Å². The standard InChI is InChI=1S/C12H17N5O/c1-8(2)5-9(13)6-11-16-12(17-18-11)10-7-14-3-4-15-10/h3-4,7-9H,5-6,13H2,1-2H3. The first kappa shape index (κ1) is 12.6. The lowest BCUT2D eigenvalue weighted by atomic mass is 10.0. The van der Waals surface area contributed by atoms with Crippen molar-refractivity contribution in [1.29, 1.82) is 0 Å². The van der Waals surface area contributed by atoms with Crippen LogP contribution < -0.4 is 5.73 Å². The lowest BCUT2D eigenvalue weighted by Gasteiger charge is -2.10. The van der Waals surface area contributed by atoms with Gasteiger partial charge in [0.1, 0.15) is 5.69 Å². The van der Waals surface area contributed by atoms with Crippen molar-refractivity contribution in [3.63, 3.8) is 0 Å². The van der Waals surface area contributed by atoms with Crippen molar-refractivity contribution in [3.8, 4) is 11.5 Å². The molecule has 2 aromatic heterocycles. The molecule has 2 aromatic rings. The zero-order valence-electron chi connectivity index (χ0n) is 10.6. The molecule has 18 heavy (non-hydrogen) atoms. The first-order valence-corrected chi connectivity index (χ1v) is 5.99. The maximum absolute atomic E-state index is 6.00. The van der Waals surface area contributed by atoms with Gasteiger partial charge < -0.3 is 10.3 Å². The predicted molar refractivity (Wildman–Crippen MR) is 66.5 cm³/mol.